The van der Waals surface area contributed by atoms with Gasteiger partial charge in [-0.2, -0.15) is 0 Å². The van der Waals surface area contributed by atoms with Crippen molar-refractivity contribution in [3.8, 4) is 5.75 Å². The highest BCUT2D eigenvalue weighted by Gasteiger charge is 2.01. The quantitative estimate of drug-likeness (QED) is 0.723. The number of nitrogens with zero attached hydrogens (tertiary/aromatic N) is 2. The summed E-state index contributed by atoms with van der Waals surface area (Å²) in [5, 5.41) is 10.3. The number of H-pyrrole nitrogens is 1. The van der Waals surface area contributed by atoms with Gasteiger partial charge in [0.05, 0.1) is 11.0 Å². The predicted molar refractivity (Wildman–Crippen MR) is 85.4 cm³/mol. The maximum Gasteiger partial charge on any atom is 0.124 e. The van der Waals surface area contributed by atoms with Gasteiger partial charge in [0.1, 0.15) is 11.6 Å². The van der Waals surface area contributed by atoms with E-state index in [2.05, 4.69) is 15.0 Å². The van der Waals surface area contributed by atoms with E-state index in [0.717, 1.165) is 16.9 Å². The number of hydrogen-bond donors (Lipinski definition) is 2. The number of imidazole rings is 1. The monoisotopic (exact) mass is 299 g/mol. The maximum atomic E-state index is 9.68. The molecular formula is C16H14ClN3O. The van der Waals surface area contributed by atoms with Crippen molar-refractivity contribution in [1.29, 1.82) is 0 Å². The molecule has 0 unspecified atom stereocenters. The number of hydrogen-bond acceptors (Lipinski definition) is 3. The Balaban J connectivity index is 1.65. The van der Waals surface area contributed by atoms with Crippen LogP contribution in [0, 0.1) is 0 Å². The van der Waals surface area contributed by atoms with E-state index >= 15 is 0 Å². The SMILES string of the molecule is Oc1ccc(Cl)cc1C=NCCc1nc2ccccc2[nH]1. The lowest BCUT2D eigenvalue weighted by Crippen LogP contribution is -1.93. The van der Waals surface area contributed by atoms with Crippen LogP contribution in [-0.2, 0) is 6.42 Å². The van der Waals surface area contributed by atoms with Gasteiger partial charge < -0.3 is 10.1 Å². The Morgan fingerprint density at radius 3 is 2.95 bits per heavy atom. The fourth-order valence-corrected chi connectivity index (χ4v) is 2.27. The van der Waals surface area contributed by atoms with E-state index in [9.17, 15) is 5.11 Å². The van der Waals surface area contributed by atoms with Crippen molar-refractivity contribution in [2.24, 2.45) is 4.99 Å². The molecule has 0 spiro atoms. The first-order valence-corrected chi connectivity index (χ1v) is 7.02. The van der Waals surface area contributed by atoms with Crippen LogP contribution in [0.15, 0.2) is 47.5 Å². The molecule has 0 bridgehead atoms. The molecule has 0 amide bonds. The number of phenolic OH excluding ortho intramolecular Hbond substituents is 1. The largest absolute Gasteiger partial charge is 0.507 e. The molecule has 106 valence electrons. The lowest BCUT2D eigenvalue weighted by molar-refractivity contribution is 0.474. The molecule has 0 radical (unpaired) electrons. The molecule has 0 saturated carbocycles. The topological polar surface area (TPSA) is 61.3 Å². The molecule has 1 heterocycles. The molecule has 0 aliphatic carbocycles. The summed E-state index contributed by atoms with van der Waals surface area (Å²) in [4.78, 5) is 12.1. The van der Waals surface area contributed by atoms with E-state index in [1.165, 1.54) is 0 Å². The molecule has 21 heavy (non-hydrogen) atoms. The van der Waals surface area contributed by atoms with Gasteiger partial charge in [-0.15, -0.1) is 0 Å². The van der Waals surface area contributed by atoms with Crippen molar-refractivity contribution in [2.45, 2.75) is 6.42 Å². The Labute approximate surface area is 127 Å². The summed E-state index contributed by atoms with van der Waals surface area (Å²) in [7, 11) is 0. The zero-order chi connectivity index (χ0) is 14.7. The molecule has 2 aromatic carbocycles. The van der Waals surface area contributed by atoms with Gasteiger partial charge in [-0.25, -0.2) is 4.98 Å². The van der Waals surface area contributed by atoms with Crippen LogP contribution in [0.1, 0.15) is 11.4 Å². The lowest BCUT2D eigenvalue weighted by atomic mass is 10.2. The second-order valence-corrected chi connectivity index (χ2v) is 5.13. The first-order chi connectivity index (χ1) is 10.2. The molecular weight excluding hydrogens is 286 g/mol. The van der Waals surface area contributed by atoms with Crippen LogP contribution in [0.3, 0.4) is 0 Å². The van der Waals surface area contributed by atoms with Gasteiger partial charge in [0.25, 0.3) is 0 Å². The van der Waals surface area contributed by atoms with E-state index in [4.69, 9.17) is 11.6 Å². The fourth-order valence-electron chi connectivity index (χ4n) is 2.09. The smallest absolute Gasteiger partial charge is 0.124 e. The third-order valence-electron chi connectivity index (χ3n) is 3.14. The number of rotatable bonds is 4. The van der Waals surface area contributed by atoms with E-state index < -0.39 is 0 Å². The van der Waals surface area contributed by atoms with E-state index in [1.807, 2.05) is 24.3 Å². The van der Waals surface area contributed by atoms with Gasteiger partial charge >= 0.3 is 0 Å². The van der Waals surface area contributed by atoms with Crippen LogP contribution in [0.25, 0.3) is 11.0 Å². The number of phenols is 1. The molecule has 0 fully saturated rings. The average molecular weight is 300 g/mol. The molecule has 3 rings (SSSR count). The highest BCUT2D eigenvalue weighted by Crippen LogP contribution is 2.19. The minimum atomic E-state index is 0.173. The summed E-state index contributed by atoms with van der Waals surface area (Å²) in [6.07, 6.45) is 2.34. The van der Waals surface area contributed by atoms with Gasteiger partial charge in [-0.1, -0.05) is 23.7 Å². The fraction of sp³-hybridized carbons (Fsp3) is 0.125. The Hall–Kier alpha value is -2.33. The molecule has 3 aromatic rings. The maximum absolute atomic E-state index is 9.68. The molecule has 5 heteroatoms. The zero-order valence-corrected chi connectivity index (χ0v) is 12.0. The van der Waals surface area contributed by atoms with Gasteiger partial charge in [0.15, 0.2) is 0 Å². The van der Waals surface area contributed by atoms with Gasteiger partial charge in [0.2, 0.25) is 0 Å². The molecule has 0 aliphatic rings. The molecule has 0 aliphatic heterocycles. The summed E-state index contributed by atoms with van der Waals surface area (Å²) in [5.74, 6) is 1.08. The third kappa shape index (κ3) is 3.23. The minimum absolute atomic E-state index is 0.173. The van der Waals surface area contributed by atoms with Gasteiger partial charge in [-0.05, 0) is 30.3 Å². The second-order valence-electron chi connectivity index (χ2n) is 4.69. The van der Waals surface area contributed by atoms with Crippen molar-refractivity contribution >= 4 is 28.8 Å². The molecule has 0 saturated heterocycles. The standard InChI is InChI=1S/C16H14ClN3O/c17-12-5-6-15(21)11(9-12)10-18-8-7-16-19-13-3-1-2-4-14(13)20-16/h1-6,9-10,21H,7-8H2,(H,19,20). The lowest BCUT2D eigenvalue weighted by Gasteiger charge is -1.98. The summed E-state index contributed by atoms with van der Waals surface area (Å²) >= 11 is 5.88. The first-order valence-electron chi connectivity index (χ1n) is 6.64. The van der Waals surface area contributed by atoms with Crippen molar-refractivity contribution in [3.63, 3.8) is 0 Å². The van der Waals surface area contributed by atoms with Crippen LogP contribution in [0.4, 0.5) is 0 Å². The van der Waals surface area contributed by atoms with Gasteiger partial charge in [-0.3, -0.25) is 4.99 Å². The van der Waals surface area contributed by atoms with E-state index in [0.29, 0.717) is 23.6 Å². The number of aliphatic imine (C=N–C) groups is 1. The number of aromatic hydroxyl groups is 1. The van der Waals surface area contributed by atoms with Crippen LogP contribution in [0.2, 0.25) is 5.02 Å². The van der Waals surface area contributed by atoms with Crippen LogP contribution in [0.5, 0.6) is 5.75 Å². The first kappa shape index (κ1) is 13.6. The highest BCUT2D eigenvalue weighted by atomic mass is 35.5. The predicted octanol–water partition coefficient (Wildman–Crippen LogP) is 3.58. The molecule has 2 N–H and O–H groups in total. The number of aromatic nitrogens is 2. The van der Waals surface area contributed by atoms with Crippen LogP contribution < -0.4 is 0 Å². The van der Waals surface area contributed by atoms with Gasteiger partial charge in [0, 0.05) is 29.8 Å². The number of para-hydroxylation sites is 2. The molecule has 4 nitrogen and oxygen atoms in total. The summed E-state index contributed by atoms with van der Waals surface area (Å²) in [6, 6.07) is 12.8. The third-order valence-corrected chi connectivity index (χ3v) is 3.37. The summed E-state index contributed by atoms with van der Waals surface area (Å²) in [5.41, 5.74) is 2.61. The normalized spacial score (nSPS) is 11.5. The van der Waals surface area contributed by atoms with Crippen LogP contribution in [-0.4, -0.2) is 27.8 Å². The molecule has 0 atom stereocenters. The van der Waals surface area contributed by atoms with Crippen molar-refractivity contribution in [3.05, 3.63) is 58.9 Å². The Morgan fingerprint density at radius 1 is 1.24 bits per heavy atom. The van der Waals surface area contributed by atoms with Crippen molar-refractivity contribution in [1.82, 2.24) is 9.97 Å². The number of benzene rings is 2. The zero-order valence-electron chi connectivity index (χ0n) is 11.3. The minimum Gasteiger partial charge on any atom is -0.507 e. The second kappa shape index (κ2) is 5.97. The van der Waals surface area contributed by atoms with E-state index in [-0.39, 0.29) is 5.75 Å². The molecule has 1 aromatic heterocycles. The summed E-state index contributed by atoms with van der Waals surface area (Å²) in [6.45, 7) is 0.589. The average Bonchev–Trinajstić information content (AvgIpc) is 2.89. The Kier molecular flexibility index (Phi) is 3.88. The number of nitrogens with one attached hydrogen (secondary N) is 1. The summed E-state index contributed by atoms with van der Waals surface area (Å²) < 4.78 is 0. The number of aromatic amines is 1. The van der Waals surface area contributed by atoms with E-state index in [1.54, 1.807) is 24.4 Å². The van der Waals surface area contributed by atoms with Crippen LogP contribution >= 0.6 is 11.6 Å². The number of halogens is 1. The Bertz CT molecular complexity index is 762. The highest BCUT2D eigenvalue weighted by molar-refractivity contribution is 6.30. The number of fused-ring (bicyclic) bond motifs is 1. The van der Waals surface area contributed by atoms with Crippen molar-refractivity contribution < 1.29 is 5.11 Å². The van der Waals surface area contributed by atoms with Crippen molar-refractivity contribution in [2.75, 3.05) is 6.54 Å². The Morgan fingerprint density at radius 2 is 2.10 bits per heavy atom.